The van der Waals surface area contributed by atoms with E-state index in [0.29, 0.717) is 18.5 Å². The molecule has 4 heteroatoms. The minimum Gasteiger partial charge on any atom is -0.480 e. The van der Waals surface area contributed by atoms with Crippen LogP contribution in [0.25, 0.3) is 0 Å². The van der Waals surface area contributed by atoms with Crippen LogP contribution in [-0.2, 0) is 4.79 Å². The second kappa shape index (κ2) is 7.59. The van der Waals surface area contributed by atoms with Crippen molar-refractivity contribution in [1.82, 2.24) is 10.2 Å². The molecular weight excluding hydrogens is 264 g/mol. The number of nitrogens with zero attached hydrogens (tertiary/aromatic N) is 1. The minimum absolute atomic E-state index is 0.325. The summed E-state index contributed by atoms with van der Waals surface area (Å²) in [5, 5.41) is 13.3. The molecule has 2 atom stereocenters. The quantitative estimate of drug-likeness (QED) is 0.687. The molecular formula is C17H32N2O2. The third-order valence-corrected chi connectivity index (χ3v) is 5.17. The van der Waals surface area contributed by atoms with Crippen LogP contribution in [0.3, 0.4) is 0 Å². The zero-order valence-electron chi connectivity index (χ0n) is 13.7. The molecule has 1 aliphatic carbocycles. The molecule has 0 aromatic heterocycles. The summed E-state index contributed by atoms with van der Waals surface area (Å²) < 4.78 is 0. The van der Waals surface area contributed by atoms with Crippen molar-refractivity contribution >= 4 is 5.97 Å². The fraction of sp³-hybridized carbons (Fsp3) is 0.941. The van der Waals surface area contributed by atoms with Crippen molar-refractivity contribution in [2.45, 2.75) is 76.8 Å². The van der Waals surface area contributed by atoms with Gasteiger partial charge < -0.3 is 10.4 Å². The average Bonchev–Trinajstić information content (AvgIpc) is 3.30. The summed E-state index contributed by atoms with van der Waals surface area (Å²) in [5.41, 5.74) is -0.709. The molecule has 1 saturated heterocycles. The normalized spacial score (nSPS) is 26.5. The Bertz CT molecular complexity index is 342. The first kappa shape index (κ1) is 16.8. The van der Waals surface area contributed by atoms with Crippen molar-refractivity contribution in [2.75, 3.05) is 19.6 Å². The molecule has 1 saturated carbocycles. The predicted molar refractivity (Wildman–Crippen MR) is 85.5 cm³/mol. The summed E-state index contributed by atoms with van der Waals surface area (Å²) in [6.45, 7) is 6.90. The van der Waals surface area contributed by atoms with Crippen molar-refractivity contribution in [1.29, 1.82) is 0 Å². The van der Waals surface area contributed by atoms with Gasteiger partial charge >= 0.3 is 5.97 Å². The van der Waals surface area contributed by atoms with E-state index in [2.05, 4.69) is 24.1 Å². The van der Waals surface area contributed by atoms with Crippen LogP contribution in [0.15, 0.2) is 0 Å². The van der Waals surface area contributed by atoms with E-state index in [1.54, 1.807) is 0 Å². The van der Waals surface area contributed by atoms with E-state index in [1.165, 1.54) is 32.1 Å². The van der Waals surface area contributed by atoms with Crippen LogP contribution in [-0.4, -0.2) is 47.2 Å². The van der Waals surface area contributed by atoms with Gasteiger partial charge in [0.2, 0.25) is 0 Å². The highest BCUT2D eigenvalue weighted by atomic mass is 16.4. The first-order valence-electron chi connectivity index (χ1n) is 8.86. The van der Waals surface area contributed by atoms with E-state index in [9.17, 15) is 9.90 Å². The molecule has 2 aliphatic rings. The van der Waals surface area contributed by atoms with Gasteiger partial charge in [-0.3, -0.25) is 9.69 Å². The fourth-order valence-electron chi connectivity index (χ4n) is 3.82. The van der Waals surface area contributed by atoms with Crippen molar-refractivity contribution in [3.63, 3.8) is 0 Å². The Kier molecular flexibility index (Phi) is 6.06. The van der Waals surface area contributed by atoms with Crippen LogP contribution < -0.4 is 5.32 Å². The molecule has 1 heterocycles. The highest BCUT2D eigenvalue weighted by molar-refractivity contribution is 5.80. The van der Waals surface area contributed by atoms with Gasteiger partial charge in [0.1, 0.15) is 5.54 Å². The summed E-state index contributed by atoms with van der Waals surface area (Å²) >= 11 is 0. The molecule has 0 bridgehead atoms. The molecule has 0 amide bonds. The maximum atomic E-state index is 12.1. The Morgan fingerprint density at radius 2 is 2.00 bits per heavy atom. The molecule has 2 fully saturated rings. The van der Waals surface area contributed by atoms with E-state index >= 15 is 0 Å². The zero-order chi connectivity index (χ0) is 15.3. The van der Waals surface area contributed by atoms with Gasteiger partial charge in [0.15, 0.2) is 0 Å². The smallest absolute Gasteiger partial charge is 0.325 e. The Morgan fingerprint density at radius 1 is 1.24 bits per heavy atom. The van der Waals surface area contributed by atoms with E-state index in [-0.39, 0.29) is 0 Å². The number of likely N-dealkylation sites (tertiary alicyclic amines) is 1. The van der Waals surface area contributed by atoms with Crippen LogP contribution >= 0.6 is 0 Å². The first-order valence-corrected chi connectivity index (χ1v) is 8.86. The second-order valence-corrected chi connectivity index (χ2v) is 6.89. The van der Waals surface area contributed by atoms with Crippen LogP contribution in [0.2, 0.25) is 0 Å². The van der Waals surface area contributed by atoms with Crippen LogP contribution in [0.4, 0.5) is 0 Å². The Hall–Kier alpha value is -0.610. The summed E-state index contributed by atoms with van der Waals surface area (Å²) in [6.07, 6.45) is 9.26. The molecule has 1 aliphatic heterocycles. The molecule has 2 unspecified atom stereocenters. The van der Waals surface area contributed by atoms with E-state index in [4.69, 9.17) is 0 Å². The molecule has 4 nitrogen and oxygen atoms in total. The first-order chi connectivity index (χ1) is 10.1. The van der Waals surface area contributed by atoms with Gasteiger partial charge in [0, 0.05) is 12.6 Å². The van der Waals surface area contributed by atoms with Crippen molar-refractivity contribution in [3.05, 3.63) is 0 Å². The number of carbonyl (C=O) groups is 1. The van der Waals surface area contributed by atoms with Crippen molar-refractivity contribution in [3.8, 4) is 0 Å². The molecule has 2 N–H and O–H groups in total. The van der Waals surface area contributed by atoms with Gasteiger partial charge in [-0.1, -0.05) is 26.7 Å². The van der Waals surface area contributed by atoms with E-state index < -0.39 is 11.5 Å². The topological polar surface area (TPSA) is 52.6 Å². The SMILES string of the molecule is CCCNC(CN1CCCCC1CCC)(C(=O)O)C1CC1. The maximum absolute atomic E-state index is 12.1. The lowest BCUT2D eigenvalue weighted by Gasteiger charge is -2.42. The van der Waals surface area contributed by atoms with Crippen LogP contribution in [0.5, 0.6) is 0 Å². The number of aliphatic carboxylic acids is 1. The molecule has 21 heavy (non-hydrogen) atoms. The number of carboxylic acids is 1. The molecule has 0 radical (unpaired) electrons. The van der Waals surface area contributed by atoms with Crippen molar-refractivity contribution in [2.24, 2.45) is 5.92 Å². The van der Waals surface area contributed by atoms with Gasteiger partial charge in [0.05, 0.1) is 0 Å². The Balaban J connectivity index is 2.10. The van der Waals surface area contributed by atoms with Crippen molar-refractivity contribution < 1.29 is 9.90 Å². The molecule has 0 spiro atoms. The fourth-order valence-corrected chi connectivity index (χ4v) is 3.82. The van der Waals surface area contributed by atoms with Gasteiger partial charge in [0.25, 0.3) is 0 Å². The summed E-state index contributed by atoms with van der Waals surface area (Å²) in [5.74, 6) is -0.315. The second-order valence-electron chi connectivity index (χ2n) is 6.89. The molecule has 122 valence electrons. The standard InChI is InChI=1S/C17H32N2O2/c1-3-7-15-8-5-6-12-19(15)13-17(16(20)21,14-9-10-14)18-11-4-2/h14-15,18H,3-13H2,1-2H3,(H,20,21). The monoisotopic (exact) mass is 296 g/mol. The number of carboxylic acid groups (broad SMARTS) is 1. The molecule has 2 rings (SSSR count). The molecule has 0 aromatic rings. The highest BCUT2D eigenvalue weighted by Crippen LogP contribution is 2.41. The number of nitrogens with one attached hydrogen (secondary N) is 1. The lowest BCUT2D eigenvalue weighted by atomic mass is 9.89. The Morgan fingerprint density at radius 3 is 2.57 bits per heavy atom. The Labute approximate surface area is 129 Å². The maximum Gasteiger partial charge on any atom is 0.325 e. The average molecular weight is 296 g/mol. The predicted octanol–water partition coefficient (Wildman–Crippen LogP) is 2.87. The third-order valence-electron chi connectivity index (χ3n) is 5.17. The largest absolute Gasteiger partial charge is 0.480 e. The third kappa shape index (κ3) is 3.98. The lowest BCUT2D eigenvalue weighted by molar-refractivity contribution is -0.147. The lowest BCUT2D eigenvalue weighted by Crippen LogP contribution is -2.62. The number of hydrogen-bond donors (Lipinski definition) is 2. The summed E-state index contributed by atoms with van der Waals surface area (Å²) in [6, 6.07) is 0.588. The summed E-state index contributed by atoms with van der Waals surface area (Å²) in [4.78, 5) is 14.5. The number of rotatable bonds is 9. The highest BCUT2D eigenvalue weighted by Gasteiger charge is 2.52. The van der Waals surface area contributed by atoms with Gasteiger partial charge in [-0.05, 0) is 57.5 Å². The van der Waals surface area contributed by atoms with Gasteiger partial charge in [-0.15, -0.1) is 0 Å². The van der Waals surface area contributed by atoms with Crippen LogP contribution in [0, 0.1) is 5.92 Å². The minimum atomic E-state index is -0.709. The zero-order valence-corrected chi connectivity index (χ0v) is 13.7. The van der Waals surface area contributed by atoms with E-state index in [1.807, 2.05) is 0 Å². The van der Waals surface area contributed by atoms with Gasteiger partial charge in [-0.25, -0.2) is 0 Å². The summed E-state index contributed by atoms with van der Waals surface area (Å²) in [7, 11) is 0. The molecule has 0 aromatic carbocycles. The van der Waals surface area contributed by atoms with Crippen LogP contribution in [0.1, 0.15) is 65.2 Å². The number of hydrogen-bond acceptors (Lipinski definition) is 3. The van der Waals surface area contributed by atoms with Gasteiger partial charge in [-0.2, -0.15) is 0 Å². The van der Waals surface area contributed by atoms with E-state index in [0.717, 1.165) is 32.4 Å². The number of piperidine rings is 1.